The zero-order valence-electron chi connectivity index (χ0n) is 12.9. The van der Waals surface area contributed by atoms with Crippen molar-refractivity contribution in [3.63, 3.8) is 0 Å². The molecule has 0 amide bonds. The van der Waals surface area contributed by atoms with Crippen molar-refractivity contribution in [3.8, 4) is 5.69 Å². The van der Waals surface area contributed by atoms with Crippen LogP contribution < -0.4 is 4.72 Å². The molecule has 0 saturated carbocycles. The van der Waals surface area contributed by atoms with Gasteiger partial charge in [-0.2, -0.15) is 9.82 Å². The molecule has 1 heterocycles. The molecule has 0 aliphatic heterocycles. The minimum atomic E-state index is -3.95. The molecule has 23 heavy (non-hydrogen) atoms. The van der Waals surface area contributed by atoms with Gasteiger partial charge in [-0.1, -0.05) is 32.0 Å². The number of para-hydroxylation sites is 1. The first-order chi connectivity index (χ1) is 10.8. The molecule has 0 spiro atoms. The summed E-state index contributed by atoms with van der Waals surface area (Å²) < 4.78 is 28.3. The topological polar surface area (TPSA) is 101 Å². The van der Waals surface area contributed by atoms with Crippen LogP contribution in [-0.2, 0) is 14.8 Å². The molecule has 2 N–H and O–H groups in total. The first-order valence-electron chi connectivity index (χ1n) is 7.15. The molecule has 0 aliphatic rings. The van der Waals surface area contributed by atoms with Gasteiger partial charge in [0.15, 0.2) is 0 Å². The second kappa shape index (κ2) is 6.93. The Balaban J connectivity index is 2.23. The molecule has 1 aromatic carbocycles. The predicted molar refractivity (Wildman–Crippen MR) is 84.8 cm³/mol. The summed E-state index contributed by atoms with van der Waals surface area (Å²) in [5.41, 5.74) is 0.714. The minimum absolute atomic E-state index is 0.0471. The second-order valence-corrected chi connectivity index (χ2v) is 7.31. The monoisotopic (exact) mass is 337 g/mol. The Morgan fingerprint density at radius 2 is 1.96 bits per heavy atom. The van der Waals surface area contributed by atoms with Gasteiger partial charge in [-0.3, -0.25) is 4.79 Å². The fourth-order valence-electron chi connectivity index (χ4n) is 2.09. The molecule has 0 unspecified atom stereocenters. The Morgan fingerprint density at radius 3 is 2.52 bits per heavy atom. The minimum Gasteiger partial charge on any atom is -0.480 e. The number of sulfonamides is 1. The van der Waals surface area contributed by atoms with Crippen molar-refractivity contribution in [1.82, 2.24) is 14.5 Å². The molecule has 2 aromatic rings. The summed E-state index contributed by atoms with van der Waals surface area (Å²) in [6, 6.07) is 7.88. The van der Waals surface area contributed by atoms with Gasteiger partial charge in [0.25, 0.3) is 0 Å². The summed E-state index contributed by atoms with van der Waals surface area (Å²) in [6.45, 7) is 3.66. The van der Waals surface area contributed by atoms with Gasteiger partial charge in [-0.15, -0.1) is 0 Å². The average Bonchev–Trinajstić information content (AvgIpc) is 2.97. The Morgan fingerprint density at radius 1 is 1.30 bits per heavy atom. The van der Waals surface area contributed by atoms with Gasteiger partial charge in [0.1, 0.15) is 10.9 Å². The lowest BCUT2D eigenvalue weighted by Gasteiger charge is -2.15. The van der Waals surface area contributed by atoms with Gasteiger partial charge in [-0.25, -0.2) is 13.1 Å². The van der Waals surface area contributed by atoms with Crippen LogP contribution in [0.25, 0.3) is 5.69 Å². The predicted octanol–water partition coefficient (Wildman–Crippen LogP) is 1.65. The average molecular weight is 337 g/mol. The van der Waals surface area contributed by atoms with Gasteiger partial charge in [0.05, 0.1) is 18.1 Å². The molecule has 0 aliphatic carbocycles. The number of aliphatic carboxylic acids is 1. The Bertz CT molecular complexity index is 769. The van der Waals surface area contributed by atoms with Crippen LogP contribution in [0.3, 0.4) is 0 Å². The molecule has 8 heteroatoms. The summed E-state index contributed by atoms with van der Waals surface area (Å²) in [5, 5.41) is 13.2. The summed E-state index contributed by atoms with van der Waals surface area (Å²) in [6.07, 6.45) is 2.76. The molecule has 0 saturated heterocycles. The lowest BCUT2D eigenvalue weighted by atomic mass is 10.1. The SMILES string of the molecule is CC(C)C[C@H](NS(=O)(=O)c1cnn(-c2ccccc2)c1)C(=O)O. The van der Waals surface area contributed by atoms with Crippen molar-refractivity contribution < 1.29 is 18.3 Å². The number of carboxylic acids is 1. The normalized spacial score (nSPS) is 13.2. The van der Waals surface area contributed by atoms with E-state index in [9.17, 15) is 13.2 Å². The number of aromatic nitrogens is 2. The highest BCUT2D eigenvalue weighted by Gasteiger charge is 2.27. The van der Waals surface area contributed by atoms with E-state index in [1.54, 1.807) is 12.1 Å². The number of nitrogens with one attached hydrogen (secondary N) is 1. The van der Waals surface area contributed by atoms with Gasteiger partial charge in [-0.05, 0) is 24.5 Å². The van der Waals surface area contributed by atoms with E-state index in [0.29, 0.717) is 5.69 Å². The third-order valence-electron chi connectivity index (χ3n) is 3.19. The van der Waals surface area contributed by atoms with Gasteiger partial charge in [0, 0.05) is 0 Å². The molecule has 124 valence electrons. The molecule has 1 atom stereocenters. The molecule has 7 nitrogen and oxygen atoms in total. The number of carboxylic acid groups (broad SMARTS) is 1. The van der Waals surface area contributed by atoms with Crippen LogP contribution in [0.15, 0.2) is 47.6 Å². The van der Waals surface area contributed by atoms with Crippen LogP contribution in [0.5, 0.6) is 0 Å². The Kier molecular flexibility index (Phi) is 5.17. The summed E-state index contributed by atoms with van der Waals surface area (Å²) in [7, 11) is -3.95. The van der Waals surface area contributed by atoms with E-state index in [4.69, 9.17) is 5.11 Å². The smallest absolute Gasteiger partial charge is 0.321 e. The van der Waals surface area contributed by atoms with Crippen molar-refractivity contribution >= 4 is 16.0 Å². The maximum absolute atomic E-state index is 12.3. The van der Waals surface area contributed by atoms with Crippen LogP contribution in [0.2, 0.25) is 0 Å². The number of benzene rings is 1. The third-order valence-corrected chi connectivity index (χ3v) is 4.62. The zero-order valence-corrected chi connectivity index (χ0v) is 13.7. The van der Waals surface area contributed by atoms with Crippen LogP contribution in [0, 0.1) is 5.92 Å². The fourth-order valence-corrected chi connectivity index (χ4v) is 3.23. The molecular formula is C15H19N3O4S. The number of hydrogen-bond donors (Lipinski definition) is 2. The largest absolute Gasteiger partial charge is 0.480 e. The lowest BCUT2D eigenvalue weighted by Crippen LogP contribution is -2.41. The van der Waals surface area contributed by atoms with E-state index in [1.165, 1.54) is 17.1 Å². The summed E-state index contributed by atoms with van der Waals surface area (Å²) in [4.78, 5) is 11.2. The zero-order chi connectivity index (χ0) is 17.0. The molecule has 0 fully saturated rings. The highest BCUT2D eigenvalue weighted by Crippen LogP contribution is 2.14. The Labute approximate surface area is 135 Å². The van der Waals surface area contributed by atoms with Crippen LogP contribution >= 0.6 is 0 Å². The first-order valence-corrected chi connectivity index (χ1v) is 8.63. The number of carbonyl (C=O) groups is 1. The lowest BCUT2D eigenvalue weighted by molar-refractivity contribution is -0.139. The van der Waals surface area contributed by atoms with E-state index in [-0.39, 0.29) is 17.2 Å². The quantitative estimate of drug-likeness (QED) is 0.800. The van der Waals surface area contributed by atoms with E-state index in [0.717, 1.165) is 0 Å². The summed E-state index contributed by atoms with van der Waals surface area (Å²) in [5.74, 6) is -1.15. The van der Waals surface area contributed by atoms with Crippen molar-refractivity contribution in [1.29, 1.82) is 0 Å². The maximum atomic E-state index is 12.3. The maximum Gasteiger partial charge on any atom is 0.321 e. The van der Waals surface area contributed by atoms with E-state index in [1.807, 2.05) is 32.0 Å². The highest BCUT2D eigenvalue weighted by atomic mass is 32.2. The van der Waals surface area contributed by atoms with Crippen molar-refractivity contribution in [2.75, 3.05) is 0 Å². The number of hydrogen-bond acceptors (Lipinski definition) is 4. The van der Waals surface area contributed by atoms with Crippen LogP contribution in [0.1, 0.15) is 20.3 Å². The standard InChI is InChI=1S/C15H19N3O4S/c1-11(2)8-14(15(19)20)17-23(21,22)13-9-16-18(10-13)12-6-4-3-5-7-12/h3-7,9-11,14,17H,8H2,1-2H3,(H,19,20)/t14-/m0/s1. The van der Waals surface area contributed by atoms with Crippen LogP contribution in [-0.4, -0.2) is 35.3 Å². The molecule has 0 radical (unpaired) electrons. The van der Waals surface area contributed by atoms with Crippen molar-refractivity contribution in [2.24, 2.45) is 5.92 Å². The van der Waals surface area contributed by atoms with Crippen molar-refractivity contribution in [2.45, 2.75) is 31.2 Å². The van der Waals surface area contributed by atoms with Gasteiger partial charge >= 0.3 is 5.97 Å². The van der Waals surface area contributed by atoms with Gasteiger partial charge < -0.3 is 5.11 Å². The van der Waals surface area contributed by atoms with Gasteiger partial charge in [0.2, 0.25) is 10.0 Å². The van der Waals surface area contributed by atoms with E-state index >= 15 is 0 Å². The first kappa shape index (κ1) is 17.2. The highest BCUT2D eigenvalue weighted by molar-refractivity contribution is 7.89. The van der Waals surface area contributed by atoms with E-state index < -0.39 is 22.0 Å². The molecule has 0 bridgehead atoms. The second-order valence-electron chi connectivity index (χ2n) is 5.60. The number of rotatable bonds is 7. The van der Waals surface area contributed by atoms with Crippen molar-refractivity contribution in [3.05, 3.63) is 42.7 Å². The third kappa shape index (κ3) is 4.40. The van der Waals surface area contributed by atoms with Crippen LogP contribution in [0.4, 0.5) is 0 Å². The Hall–Kier alpha value is -2.19. The fraction of sp³-hybridized carbons (Fsp3) is 0.333. The molecule has 2 rings (SSSR count). The van der Waals surface area contributed by atoms with E-state index in [2.05, 4.69) is 9.82 Å². The summed E-state index contributed by atoms with van der Waals surface area (Å²) >= 11 is 0. The number of nitrogens with zero attached hydrogens (tertiary/aromatic N) is 2. The molecule has 1 aromatic heterocycles. The molecular weight excluding hydrogens is 318 g/mol.